The van der Waals surface area contributed by atoms with Gasteiger partial charge >= 0.3 is 0 Å². The second-order valence-corrected chi connectivity index (χ2v) is 29.7. The van der Waals surface area contributed by atoms with Gasteiger partial charge in [-0.15, -0.1) is 34.0 Å². The summed E-state index contributed by atoms with van der Waals surface area (Å²) in [4.78, 5) is 30.8. The van der Waals surface area contributed by atoms with Crippen LogP contribution in [0.1, 0.15) is 49.9 Å². The summed E-state index contributed by atoms with van der Waals surface area (Å²) in [5.41, 5.74) is 18.7. The summed E-state index contributed by atoms with van der Waals surface area (Å²) in [6.07, 6.45) is 0. The third-order valence-corrected chi connectivity index (χ3v) is 23.3. The number of hydrogen-bond donors (Lipinski definition) is 0. The van der Waals surface area contributed by atoms with Gasteiger partial charge < -0.3 is 0 Å². The van der Waals surface area contributed by atoms with Crippen molar-refractivity contribution in [2.45, 2.75) is 38.5 Å². The predicted octanol–water partition coefficient (Wildman–Crippen LogP) is 25.2. The molecule has 0 unspecified atom stereocenters. The van der Waals surface area contributed by atoms with E-state index >= 15 is 0 Å². The molecule has 12 heteroatoms. The van der Waals surface area contributed by atoms with Crippen LogP contribution in [-0.2, 0) is 10.8 Å². The fourth-order valence-corrected chi connectivity index (χ4v) is 19.1. The number of hydrogen-bond acceptors (Lipinski definition) is 9. The van der Waals surface area contributed by atoms with Crippen LogP contribution in [0.4, 0.5) is 0 Å². The first-order valence-corrected chi connectivity index (χ1v) is 35.4. The quantitative estimate of drug-likeness (QED) is 0.163. The van der Waals surface area contributed by atoms with Crippen LogP contribution in [-0.4, -0.2) is 29.9 Å². The summed E-state index contributed by atoms with van der Waals surface area (Å²) in [6.45, 7) is 9.21. The van der Waals surface area contributed by atoms with Crippen molar-refractivity contribution >= 4 is 162 Å². The minimum atomic E-state index is -0.0682. The van der Waals surface area contributed by atoms with Crippen molar-refractivity contribution in [2.75, 3.05) is 0 Å². The first-order chi connectivity index (χ1) is 46.8. The van der Waals surface area contributed by atoms with Gasteiger partial charge in [0.2, 0.25) is 15.9 Å². The lowest BCUT2D eigenvalue weighted by atomic mass is 9.82. The van der Waals surface area contributed by atoms with Gasteiger partial charge in [-0.05, 0) is 153 Å². The van der Waals surface area contributed by atoms with E-state index < -0.39 is 0 Å². The molecule has 0 bridgehead atoms. The van der Waals surface area contributed by atoms with Gasteiger partial charge in [-0.2, -0.15) is 0 Å². The molecule has 458 valence electrons. The van der Waals surface area contributed by atoms with Crippen LogP contribution in [0.15, 0.2) is 249 Å². The molecular formula is C84H53Cl3N6S3. The fraction of sp³-hybridized carbons (Fsp3) is 0.0714. The number of rotatable bonds is 4. The highest BCUT2D eigenvalue weighted by molar-refractivity contribution is 7.27. The Labute approximate surface area is 579 Å². The zero-order chi connectivity index (χ0) is 64.7. The standard InChI is InChI=1S/2C29H19ClN2S.C26H15ClN2S/c1-29(2)22-10-6-5-9-19(22)20-13-12-17(15-23(20)29)25-24-21-14-11-16-7-3-4-8-18(16)26(21)33-27(24)32-28(30)31-25;1-29(2)21-10-6-5-9-19(21)20-13-11-17(15-22(20)29)26-25-24-18-8-4-3-7-16(18)12-14-23(24)33-27(25)32-28(30)31-26;27-26-28-24(19-11-6-10-18(15-19)16-7-2-1-3-8-16)23-22-20-12-5-4-9-17(20)13-14-21(22)30-25(23)29-26/h2*3-15H,1-2H3;1-15H. The summed E-state index contributed by atoms with van der Waals surface area (Å²) in [5, 5.41) is 15.0. The van der Waals surface area contributed by atoms with Crippen molar-refractivity contribution < 1.29 is 0 Å². The molecule has 0 atom stereocenters. The number of nitrogens with zero attached hydrogens (tertiary/aromatic N) is 6. The summed E-state index contributed by atoms with van der Waals surface area (Å²) in [5.74, 6) is 0. The molecular weight excluding hydrogens is 1300 g/mol. The molecule has 0 saturated carbocycles. The molecule has 96 heavy (non-hydrogen) atoms. The molecule has 0 radical (unpaired) electrons. The molecule has 18 aromatic rings. The Bertz CT molecular complexity index is 6280. The van der Waals surface area contributed by atoms with E-state index in [1.807, 2.05) is 6.07 Å². The Morgan fingerprint density at radius 2 is 0.667 bits per heavy atom. The lowest BCUT2D eigenvalue weighted by molar-refractivity contribution is 0.660. The van der Waals surface area contributed by atoms with Gasteiger partial charge in [-0.1, -0.05) is 246 Å². The largest absolute Gasteiger partial charge is 0.224 e. The predicted molar refractivity (Wildman–Crippen MR) is 409 cm³/mol. The summed E-state index contributed by atoms with van der Waals surface area (Å²) in [7, 11) is 0. The maximum absolute atomic E-state index is 6.45. The molecule has 2 aliphatic rings. The Morgan fingerprint density at radius 3 is 1.20 bits per heavy atom. The fourth-order valence-electron chi connectivity index (χ4n) is 15.0. The smallest absolute Gasteiger partial charge is 0.217 e. The minimum Gasteiger partial charge on any atom is -0.217 e. The number of benzene rings is 12. The molecule has 0 N–H and O–H groups in total. The van der Waals surface area contributed by atoms with E-state index in [9.17, 15) is 0 Å². The molecule has 12 aromatic carbocycles. The van der Waals surface area contributed by atoms with E-state index in [0.29, 0.717) is 0 Å². The molecule has 2 aliphatic carbocycles. The maximum Gasteiger partial charge on any atom is 0.224 e. The highest BCUT2D eigenvalue weighted by Crippen LogP contribution is 2.53. The molecule has 0 saturated heterocycles. The molecule has 6 heterocycles. The zero-order valence-corrected chi connectivity index (χ0v) is 56.9. The van der Waals surface area contributed by atoms with Gasteiger partial charge in [0.05, 0.1) is 17.1 Å². The average molecular weight is 1350 g/mol. The summed E-state index contributed by atoms with van der Waals surface area (Å²) >= 11 is 24.3. The number of aromatic nitrogens is 6. The first kappa shape index (κ1) is 58.7. The van der Waals surface area contributed by atoms with Gasteiger partial charge in [-0.25, -0.2) is 29.9 Å². The van der Waals surface area contributed by atoms with Crippen molar-refractivity contribution in [1.82, 2.24) is 29.9 Å². The van der Waals surface area contributed by atoms with Crippen molar-refractivity contribution in [3.63, 3.8) is 0 Å². The molecule has 0 amide bonds. The highest BCUT2D eigenvalue weighted by atomic mass is 35.5. The Hall–Kier alpha value is -9.81. The van der Waals surface area contributed by atoms with Gasteiger partial charge in [0, 0.05) is 73.9 Å². The van der Waals surface area contributed by atoms with E-state index in [2.05, 4.69) is 285 Å². The Morgan fingerprint density at radius 1 is 0.271 bits per heavy atom. The number of halogens is 3. The van der Waals surface area contributed by atoms with Crippen molar-refractivity contribution in [2.24, 2.45) is 0 Å². The topological polar surface area (TPSA) is 77.3 Å². The van der Waals surface area contributed by atoms with Crippen LogP contribution in [0.2, 0.25) is 15.9 Å². The second kappa shape index (κ2) is 22.7. The van der Waals surface area contributed by atoms with Crippen molar-refractivity contribution in [1.29, 1.82) is 0 Å². The number of fused-ring (bicyclic) bond motifs is 21. The van der Waals surface area contributed by atoms with Crippen LogP contribution in [0, 0.1) is 0 Å². The minimum absolute atomic E-state index is 0.0647. The van der Waals surface area contributed by atoms with Gasteiger partial charge in [-0.3, -0.25) is 0 Å². The first-order valence-electron chi connectivity index (χ1n) is 31.8. The zero-order valence-electron chi connectivity index (χ0n) is 52.2. The van der Waals surface area contributed by atoms with E-state index in [-0.39, 0.29) is 26.7 Å². The van der Waals surface area contributed by atoms with E-state index in [1.54, 1.807) is 34.0 Å². The molecule has 0 fully saturated rings. The van der Waals surface area contributed by atoms with Crippen LogP contribution >= 0.6 is 68.8 Å². The van der Waals surface area contributed by atoms with Gasteiger partial charge in [0.1, 0.15) is 14.5 Å². The summed E-state index contributed by atoms with van der Waals surface area (Å²) in [6, 6.07) is 88.3. The Balaban J connectivity index is 0.000000105. The van der Waals surface area contributed by atoms with E-state index in [1.165, 1.54) is 113 Å². The molecule has 6 nitrogen and oxygen atoms in total. The molecule has 0 aliphatic heterocycles. The summed E-state index contributed by atoms with van der Waals surface area (Å²) < 4.78 is 3.63. The van der Waals surface area contributed by atoms with Crippen LogP contribution in [0.25, 0.3) is 160 Å². The Kier molecular flexibility index (Phi) is 13.9. The maximum atomic E-state index is 6.45. The average Bonchev–Trinajstić information content (AvgIpc) is 1.57. The monoisotopic (exact) mass is 1350 g/mol. The normalized spacial score (nSPS) is 13.3. The van der Waals surface area contributed by atoms with Crippen LogP contribution in [0.3, 0.4) is 0 Å². The lowest BCUT2D eigenvalue weighted by Crippen LogP contribution is -2.14. The number of thiophene rings is 3. The van der Waals surface area contributed by atoms with Gasteiger partial charge in [0.15, 0.2) is 0 Å². The lowest BCUT2D eigenvalue weighted by Gasteiger charge is -2.22. The van der Waals surface area contributed by atoms with Crippen molar-refractivity contribution in [3.05, 3.63) is 287 Å². The molecule has 0 spiro atoms. The van der Waals surface area contributed by atoms with E-state index in [4.69, 9.17) is 49.8 Å². The molecule has 6 aromatic heterocycles. The third kappa shape index (κ3) is 9.46. The van der Waals surface area contributed by atoms with E-state index in [0.717, 1.165) is 70.0 Å². The second-order valence-electron chi connectivity index (χ2n) is 25.7. The van der Waals surface area contributed by atoms with Crippen LogP contribution in [0.5, 0.6) is 0 Å². The van der Waals surface area contributed by atoms with Gasteiger partial charge in [0.25, 0.3) is 0 Å². The SMILES string of the molecule is CC1(C)c2ccccc2-c2ccc(-c3nc(Cl)nc4sc5c6ccccc6ccc5c34)cc21.CC1(C)c2ccccc2-c2ccc(-c3nc(Cl)nc4sc5ccc6ccccc6c5c34)cc21.Clc1nc(-c2cccc(-c3ccccc3)c2)c2c(n1)sc1ccc3ccccc3c12. The van der Waals surface area contributed by atoms with Crippen molar-refractivity contribution in [3.8, 4) is 67.2 Å². The third-order valence-electron chi connectivity index (χ3n) is 19.5. The van der Waals surface area contributed by atoms with Crippen LogP contribution < -0.4 is 0 Å². The highest BCUT2D eigenvalue weighted by Gasteiger charge is 2.37. The molecule has 20 rings (SSSR count).